The molecule has 60 valence electrons. The molecule has 0 unspecified atom stereocenters. The van der Waals surface area contributed by atoms with E-state index < -0.39 is 0 Å². The van der Waals surface area contributed by atoms with Crippen LogP contribution in [0.25, 0.3) is 0 Å². The number of hydrogen-bond acceptors (Lipinski definition) is 1. The van der Waals surface area contributed by atoms with E-state index in [2.05, 4.69) is 5.32 Å². The minimum absolute atomic E-state index is 0. The lowest BCUT2D eigenvalue weighted by atomic mass is 10.5. The summed E-state index contributed by atoms with van der Waals surface area (Å²) in [5, 5.41) is 2.92. The van der Waals surface area contributed by atoms with Gasteiger partial charge in [-0.1, -0.05) is 12.2 Å². The van der Waals surface area contributed by atoms with E-state index in [0.29, 0.717) is 0 Å². The van der Waals surface area contributed by atoms with Gasteiger partial charge in [0, 0.05) is 12.4 Å². The van der Waals surface area contributed by atoms with E-state index in [0.717, 1.165) is 0 Å². The molecule has 1 nitrogen and oxygen atoms in total. The van der Waals surface area contributed by atoms with Crippen LogP contribution in [0, 0.1) is 0 Å². The summed E-state index contributed by atoms with van der Waals surface area (Å²) in [6.45, 7) is 0. The summed E-state index contributed by atoms with van der Waals surface area (Å²) in [4.78, 5) is 0. The summed E-state index contributed by atoms with van der Waals surface area (Å²) < 4.78 is 0. The minimum atomic E-state index is 0. The van der Waals surface area contributed by atoms with Gasteiger partial charge in [-0.25, -0.2) is 0 Å². The van der Waals surface area contributed by atoms with Crippen molar-refractivity contribution in [2.24, 2.45) is 0 Å². The maximum Gasteiger partial charge on any atom is 0.000442 e. The number of hydrogen-bond donors (Lipinski definition) is 1. The van der Waals surface area contributed by atoms with Crippen molar-refractivity contribution in [1.29, 1.82) is 0 Å². The average Bonchev–Trinajstić information content (AvgIpc) is 1.90. The van der Waals surface area contributed by atoms with Crippen molar-refractivity contribution in [3.05, 3.63) is 36.7 Å². The molecular formula is C6H10Cl3N. The van der Waals surface area contributed by atoms with Gasteiger partial charge in [0.25, 0.3) is 0 Å². The fraction of sp³-hybridized carbons (Fsp3) is 0. The van der Waals surface area contributed by atoms with Gasteiger partial charge >= 0.3 is 0 Å². The van der Waals surface area contributed by atoms with Crippen LogP contribution in [0.3, 0.4) is 0 Å². The molecule has 0 saturated carbocycles. The molecule has 0 saturated heterocycles. The van der Waals surface area contributed by atoms with Crippen LogP contribution in [0.1, 0.15) is 0 Å². The largest absolute Gasteiger partial charge is 0.368 e. The summed E-state index contributed by atoms with van der Waals surface area (Å²) >= 11 is 0. The highest BCUT2D eigenvalue weighted by molar-refractivity contribution is 5.86. The molecular weight excluding hydrogens is 192 g/mol. The predicted octanol–water partition coefficient (Wildman–Crippen LogP) is 2.44. The first-order valence-electron chi connectivity index (χ1n) is 2.24. The number of allylic oxidation sites excluding steroid dienone is 4. The summed E-state index contributed by atoms with van der Waals surface area (Å²) in [6.07, 6.45) is 11.6. The second-order valence-electron chi connectivity index (χ2n) is 1.27. The summed E-state index contributed by atoms with van der Waals surface area (Å²) in [5.74, 6) is 0. The third-order valence-corrected chi connectivity index (χ3v) is 0.718. The lowest BCUT2D eigenvalue weighted by Gasteiger charge is -1.79. The zero-order valence-electron chi connectivity index (χ0n) is 5.19. The topological polar surface area (TPSA) is 12.0 Å². The lowest BCUT2D eigenvalue weighted by molar-refractivity contribution is 1.20. The van der Waals surface area contributed by atoms with Gasteiger partial charge in [0.05, 0.1) is 0 Å². The van der Waals surface area contributed by atoms with Crippen LogP contribution in [0.2, 0.25) is 0 Å². The van der Waals surface area contributed by atoms with Crippen LogP contribution < -0.4 is 5.32 Å². The second-order valence-corrected chi connectivity index (χ2v) is 1.27. The van der Waals surface area contributed by atoms with Gasteiger partial charge in [0.2, 0.25) is 0 Å². The fourth-order valence-corrected chi connectivity index (χ4v) is 0.406. The molecule has 0 aromatic carbocycles. The third kappa shape index (κ3) is 7.89. The number of nitrogens with one attached hydrogen (secondary N) is 1. The van der Waals surface area contributed by atoms with Crippen molar-refractivity contribution < 1.29 is 0 Å². The SMILES string of the molecule is C1=CC=CNC=C1.Cl.Cl.Cl. The zero-order valence-corrected chi connectivity index (χ0v) is 7.64. The Bertz CT molecular complexity index is 115. The van der Waals surface area contributed by atoms with Crippen LogP contribution in [-0.2, 0) is 0 Å². The maximum atomic E-state index is 2.92. The molecule has 0 spiro atoms. The van der Waals surface area contributed by atoms with Gasteiger partial charge in [0.1, 0.15) is 0 Å². The summed E-state index contributed by atoms with van der Waals surface area (Å²) in [5.41, 5.74) is 0. The Hall–Kier alpha value is -0.110. The molecule has 1 heterocycles. The highest BCUT2D eigenvalue weighted by atomic mass is 35.5. The molecule has 1 N–H and O–H groups in total. The van der Waals surface area contributed by atoms with Gasteiger partial charge in [-0.05, 0) is 12.2 Å². The van der Waals surface area contributed by atoms with Gasteiger partial charge in [-0.15, -0.1) is 37.2 Å². The fourth-order valence-electron chi connectivity index (χ4n) is 0.406. The highest BCUT2D eigenvalue weighted by Gasteiger charge is 1.67. The normalized spacial score (nSPS) is 11.2. The van der Waals surface area contributed by atoms with Crippen LogP contribution in [0.4, 0.5) is 0 Å². The maximum absolute atomic E-state index is 2.92. The first kappa shape index (κ1) is 16.5. The Morgan fingerprint density at radius 1 is 0.600 bits per heavy atom. The molecule has 0 radical (unpaired) electrons. The second kappa shape index (κ2) is 11.7. The van der Waals surface area contributed by atoms with E-state index in [1.165, 1.54) is 0 Å². The van der Waals surface area contributed by atoms with E-state index in [4.69, 9.17) is 0 Å². The molecule has 1 aliphatic rings. The lowest BCUT2D eigenvalue weighted by Crippen LogP contribution is -1.87. The Morgan fingerprint density at radius 3 is 1.40 bits per heavy atom. The van der Waals surface area contributed by atoms with Crippen molar-refractivity contribution in [3.63, 3.8) is 0 Å². The van der Waals surface area contributed by atoms with Crippen LogP contribution >= 0.6 is 37.2 Å². The van der Waals surface area contributed by atoms with Gasteiger partial charge < -0.3 is 5.32 Å². The summed E-state index contributed by atoms with van der Waals surface area (Å²) in [7, 11) is 0. The molecule has 10 heavy (non-hydrogen) atoms. The van der Waals surface area contributed by atoms with Crippen LogP contribution in [-0.4, -0.2) is 0 Å². The van der Waals surface area contributed by atoms with E-state index in [1.54, 1.807) is 0 Å². The predicted molar refractivity (Wildman–Crippen MR) is 52.3 cm³/mol. The smallest absolute Gasteiger partial charge is 0.000442 e. The monoisotopic (exact) mass is 201 g/mol. The molecule has 0 fully saturated rings. The molecule has 4 heteroatoms. The van der Waals surface area contributed by atoms with E-state index in [-0.39, 0.29) is 37.2 Å². The molecule has 0 atom stereocenters. The minimum Gasteiger partial charge on any atom is -0.368 e. The first-order valence-corrected chi connectivity index (χ1v) is 2.24. The van der Waals surface area contributed by atoms with E-state index in [1.807, 2.05) is 36.7 Å². The Labute approximate surface area is 79.5 Å². The molecule has 0 aromatic heterocycles. The number of rotatable bonds is 0. The zero-order chi connectivity index (χ0) is 4.95. The molecule has 0 aromatic rings. The van der Waals surface area contributed by atoms with Crippen LogP contribution in [0.5, 0.6) is 0 Å². The van der Waals surface area contributed by atoms with E-state index in [9.17, 15) is 0 Å². The third-order valence-electron chi connectivity index (χ3n) is 0.718. The van der Waals surface area contributed by atoms with Gasteiger partial charge in [-0.3, -0.25) is 0 Å². The van der Waals surface area contributed by atoms with E-state index >= 15 is 0 Å². The molecule has 0 amide bonds. The molecule has 0 aliphatic carbocycles. The Balaban J connectivity index is -0.000000163. The van der Waals surface area contributed by atoms with Crippen molar-refractivity contribution >= 4 is 37.2 Å². The van der Waals surface area contributed by atoms with Crippen LogP contribution in [0.15, 0.2) is 36.7 Å². The summed E-state index contributed by atoms with van der Waals surface area (Å²) in [6, 6.07) is 0. The van der Waals surface area contributed by atoms with Crippen molar-refractivity contribution in [2.75, 3.05) is 0 Å². The van der Waals surface area contributed by atoms with Crippen molar-refractivity contribution in [2.45, 2.75) is 0 Å². The molecule has 0 bridgehead atoms. The Morgan fingerprint density at radius 2 is 1.00 bits per heavy atom. The Kier molecular flexibility index (Phi) is 19.2. The quantitative estimate of drug-likeness (QED) is 0.636. The number of halogens is 3. The standard InChI is InChI=1S/C6H7N.3ClH/c1-2-4-6-7-5-3-1;;;/h1-7H;3*1H. The van der Waals surface area contributed by atoms with Crippen molar-refractivity contribution in [1.82, 2.24) is 5.32 Å². The molecule has 1 rings (SSSR count). The first-order chi connectivity index (χ1) is 3.50. The van der Waals surface area contributed by atoms with Crippen molar-refractivity contribution in [3.8, 4) is 0 Å². The van der Waals surface area contributed by atoms with Gasteiger partial charge in [0.15, 0.2) is 0 Å². The average molecular weight is 203 g/mol. The molecule has 1 aliphatic heterocycles. The highest BCUT2D eigenvalue weighted by Crippen LogP contribution is 1.81. The van der Waals surface area contributed by atoms with Gasteiger partial charge in [-0.2, -0.15) is 0 Å².